The summed E-state index contributed by atoms with van der Waals surface area (Å²) in [5.74, 6) is -2.01. The third-order valence-electron chi connectivity index (χ3n) is 3.07. The number of aromatic nitrogens is 1. The lowest BCUT2D eigenvalue weighted by atomic mass is 10.3. The van der Waals surface area contributed by atoms with Gasteiger partial charge in [-0.2, -0.15) is 0 Å². The highest BCUT2D eigenvalue weighted by Gasteiger charge is 2.48. The Morgan fingerprint density at radius 1 is 1.50 bits per heavy atom. The summed E-state index contributed by atoms with van der Waals surface area (Å²) in [6.07, 6.45) is 3.67. The van der Waals surface area contributed by atoms with Crippen molar-refractivity contribution < 1.29 is 19.4 Å². The summed E-state index contributed by atoms with van der Waals surface area (Å²) < 4.78 is 6.34. The monoisotopic (exact) mass is 281 g/mol. The van der Waals surface area contributed by atoms with Gasteiger partial charge in [-0.05, 0) is 12.8 Å². The highest BCUT2D eigenvalue weighted by molar-refractivity contribution is 5.85. The van der Waals surface area contributed by atoms with Crippen molar-refractivity contribution in [3.8, 4) is 5.75 Å². The average Bonchev–Trinajstić information content (AvgIpc) is 3.12. The van der Waals surface area contributed by atoms with Gasteiger partial charge in [0.25, 0.3) is 0 Å². The van der Waals surface area contributed by atoms with Gasteiger partial charge < -0.3 is 25.9 Å². The van der Waals surface area contributed by atoms with E-state index in [9.17, 15) is 14.4 Å². The fourth-order valence-electron chi connectivity index (χ4n) is 1.54. The Morgan fingerprint density at radius 2 is 2.15 bits per heavy atom. The number of carboxylic acids is 1. The Hall–Kier alpha value is -2.19. The molecule has 0 unspecified atom stereocenters. The van der Waals surface area contributed by atoms with Crippen LogP contribution in [0.2, 0.25) is 0 Å². The molecule has 1 saturated carbocycles. The zero-order chi connectivity index (χ0) is 14.9. The number of nitrogens with two attached hydrogens (primary N) is 2. The molecule has 108 valence electrons. The van der Waals surface area contributed by atoms with Crippen molar-refractivity contribution in [1.29, 1.82) is 0 Å². The van der Waals surface area contributed by atoms with Crippen molar-refractivity contribution in [1.82, 2.24) is 4.57 Å². The number of carboxylic acid groups (broad SMARTS) is 1. The number of aliphatic carboxylic acids is 1. The predicted molar refractivity (Wildman–Crippen MR) is 68.1 cm³/mol. The van der Waals surface area contributed by atoms with E-state index in [1.165, 1.54) is 23.0 Å². The number of carbonyl (C=O) groups excluding carboxylic acids is 1. The number of hydrogen-bond acceptors (Lipinski definition) is 6. The van der Waals surface area contributed by atoms with Gasteiger partial charge in [0.05, 0.1) is 6.20 Å². The second-order valence-electron chi connectivity index (χ2n) is 4.86. The van der Waals surface area contributed by atoms with Crippen LogP contribution < -0.4 is 21.6 Å². The number of rotatable bonds is 5. The topological polar surface area (TPSA) is 138 Å². The third-order valence-corrected chi connectivity index (χ3v) is 3.07. The summed E-state index contributed by atoms with van der Waals surface area (Å²) in [4.78, 5) is 33.9. The van der Waals surface area contributed by atoms with Crippen LogP contribution in [-0.2, 0) is 16.1 Å². The van der Waals surface area contributed by atoms with Gasteiger partial charge in [-0.15, -0.1) is 0 Å². The molecule has 20 heavy (non-hydrogen) atoms. The van der Waals surface area contributed by atoms with E-state index in [1.807, 2.05) is 0 Å². The van der Waals surface area contributed by atoms with Gasteiger partial charge in [0.1, 0.15) is 11.6 Å². The van der Waals surface area contributed by atoms with Crippen LogP contribution in [0, 0.1) is 0 Å². The van der Waals surface area contributed by atoms with Gasteiger partial charge in [0.15, 0.2) is 5.75 Å². The minimum atomic E-state index is -1.17. The van der Waals surface area contributed by atoms with Crippen molar-refractivity contribution in [2.45, 2.75) is 31.0 Å². The summed E-state index contributed by atoms with van der Waals surface area (Å²) in [6, 6.07) is 0.0538. The number of hydrogen-bond donors (Lipinski definition) is 3. The molecule has 0 spiro atoms. The first kappa shape index (κ1) is 14.2. The molecule has 1 atom stereocenters. The lowest BCUT2D eigenvalue weighted by Gasteiger charge is -2.12. The highest BCUT2D eigenvalue weighted by Crippen LogP contribution is 2.33. The summed E-state index contributed by atoms with van der Waals surface area (Å²) in [5.41, 5.74) is 9.58. The van der Waals surface area contributed by atoms with Crippen LogP contribution in [0.4, 0.5) is 0 Å². The lowest BCUT2D eigenvalue weighted by molar-refractivity contribution is -0.139. The summed E-state index contributed by atoms with van der Waals surface area (Å²) in [7, 11) is 0. The van der Waals surface area contributed by atoms with Crippen molar-refractivity contribution >= 4 is 11.9 Å². The molecule has 2 rings (SSSR count). The lowest BCUT2D eigenvalue weighted by Crippen LogP contribution is -2.38. The molecule has 0 saturated heterocycles. The molecule has 1 heterocycles. The SMILES string of the molecule is N[C@@H](Cn1ccc(=O)c(OC(=O)C2(N)CC2)c1)C(=O)O. The second kappa shape index (κ2) is 5.06. The van der Waals surface area contributed by atoms with E-state index in [0.717, 1.165) is 0 Å². The molecule has 1 fully saturated rings. The molecule has 0 bridgehead atoms. The Labute approximate surface area is 113 Å². The first-order chi connectivity index (χ1) is 9.32. The van der Waals surface area contributed by atoms with Gasteiger partial charge in [0.2, 0.25) is 5.43 Å². The van der Waals surface area contributed by atoms with Gasteiger partial charge in [0, 0.05) is 18.8 Å². The number of carbonyl (C=O) groups is 2. The summed E-state index contributed by atoms with van der Waals surface area (Å²) in [6.45, 7) is -0.0477. The first-order valence-electron chi connectivity index (χ1n) is 6.01. The molecule has 0 amide bonds. The maximum atomic E-state index is 11.7. The van der Waals surface area contributed by atoms with Crippen molar-refractivity contribution in [2.75, 3.05) is 0 Å². The fraction of sp³-hybridized carbons (Fsp3) is 0.417. The maximum Gasteiger partial charge on any atom is 0.331 e. The smallest absolute Gasteiger partial charge is 0.331 e. The zero-order valence-electron chi connectivity index (χ0n) is 10.6. The van der Waals surface area contributed by atoms with Gasteiger partial charge in [-0.1, -0.05) is 0 Å². The fourth-order valence-corrected chi connectivity index (χ4v) is 1.54. The molecule has 0 aromatic carbocycles. The van der Waals surface area contributed by atoms with Crippen molar-refractivity contribution in [3.63, 3.8) is 0 Å². The molecule has 0 radical (unpaired) electrons. The highest BCUT2D eigenvalue weighted by atomic mass is 16.5. The molecule has 1 aliphatic carbocycles. The normalized spacial score (nSPS) is 17.3. The van der Waals surface area contributed by atoms with E-state index in [-0.39, 0.29) is 12.3 Å². The Kier molecular flexibility index (Phi) is 3.60. The quantitative estimate of drug-likeness (QED) is 0.567. The van der Waals surface area contributed by atoms with Gasteiger partial charge in [-0.25, -0.2) is 4.79 Å². The number of ether oxygens (including phenoxy) is 1. The Balaban J connectivity index is 2.14. The van der Waals surface area contributed by atoms with E-state index in [0.29, 0.717) is 12.8 Å². The van der Waals surface area contributed by atoms with E-state index in [2.05, 4.69) is 0 Å². The van der Waals surface area contributed by atoms with E-state index in [1.54, 1.807) is 0 Å². The van der Waals surface area contributed by atoms with E-state index < -0.39 is 28.9 Å². The van der Waals surface area contributed by atoms with Crippen LogP contribution >= 0.6 is 0 Å². The molecule has 0 aliphatic heterocycles. The first-order valence-corrected chi connectivity index (χ1v) is 6.01. The standard InChI is InChI=1S/C12H15N3O5/c13-7(10(17)18)5-15-4-1-8(16)9(6-15)20-11(19)12(14)2-3-12/h1,4,6-7H,2-3,5,13-14H2,(H,17,18)/t7-/m0/s1. The molecule has 8 nitrogen and oxygen atoms in total. The minimum absolute atomic E-state index is 0.0477. The number of pyridine rings is 1. The molecule has 1 aromatic heterocycles. The second-order valence-corrected chi connectivity index (χ2v) is 4.86. The predicted octanol–water partition coefficient (Wildman–Crippen LogP) is -1.34. The molecule has 1 aromatic rings. The Morgan fingerprint density at radius 3 is 2.70 bits per heavy atom. The average molecular weight is 281 g/mol. The molecular weight excluding hydrogens is 266 g/mol. The maximum absolute atomic E-state index is 11.7. The van der Waals surface area contributed by atoms with Crippen LogP contribution in [0.15, 0.2) is 23.3 Å². The Bertz CT molecular complexity index is 605. The van der Waals surface area contributed by atoms with Crippen molar-refractivity contribution in [2.24, 2.45) is 11.5 Å². The number of esters is 1. The number of nitrogens with zero attached hydrogens (tertiary/aromatic N) is 1. The van der Waals surface area contributed by atoms with E-state index in [4.69, 9.17) is 21.3 Å². The van der Waals surface area contributed by atoms with Crippen LogP contribution in [-0.4, -0.2) is 33.2 Å². The summed E-state index contributed by atoms with van der Waals surface area (Å²) >= 11 is 0. The molecular formula is C12H15N3O5. The van der Waals surface area contributed by atoms with Crippen LogP contribution in [0.1, 0.15) is 12.8 Å². The third kappa shape index (κ3) is 3.03. The van der Waals surface area contributed by atoms with Crippen LogP contribution in [0.3, 0.4) is 0 Å². The van der Waals surface area contributed by atoms with Crippen molar-refractivity contribution in [3.05, 3.63) is 28.7 Å². The largest absolute Gasteiger partial charge is 0.480 e. The van der Waals surface area contributed by atoms with Gasteiger partial charge >= 0.3 is 11.9 Å². The van der Waals surface area contributed by atoms with Crippen LogP contribution in [0.25, 0.3) is 0 Å². The van der Waals surface area contributed by atoms with Crippen LogP contribution in [0.5, 0.6) is 5.75 Å². The van der Waals surface area contributed by atoms with Gasteiger partial charge in [-0.3, -0.25) is 9.59 Å². The zero-order valence-corrected chi connectivity index (χ0v) is 10.6. The molecule has 8 heteroatoms. The summed E-state index contributed by atoms with van der Waals surface area (Å²) in [5, 5.41) is 8.73. The molecule has 5 N–H and O–H groups in total. The van der Waals surface area contributed by atoms with E-state index >= 15 is 0 Å². The molecule has 1 aliphatic rings. The minimum Gasteiger partial charge on any atom is -0.480 e.